The van der Waals surface area contributed by atoms with Crippen LogP contribution in [0.15, 0.2) is 59.5 Å². The van der Waals surface area contributed by atoms with E-state index in [1.54, 1.807) is 12.1 Å². The van der Waals surface area contributed by atoms with E-state index in [1.807, 2.05) is 23.4 Å². The Morgan fingerprint density at radius 1 is 1.24 bits per heavy atom. The van der Waals surface area contributed by atoms with E-state index in [1.165, 1.54) is 11.8 Å². The maximum Gasteiger partial charge on any atom is 0.289 e. The molecule has 0 saturated heterocycles. The van der Waals surface area contributed by atoms with Gasteiger partial charge in [0, 0.05) is 31.5 Å². The van der Waals surface area contributed by atoms with Crippen molar-refractivity contribution in [3.8, 4) is 0 Å². The van der Waals surface area contributed by atoms with E-state index in [0.717, 1.165) is 11.4 Å². The van der Waals surface area contributed by atoms with Gasteiger partial charge in [0.15, 0.2) is 5.76 Å². The van der Waals surface area contributed by atoms with Crippen molar-refractivity contribution in [3.63, 3.8) is 0 Å². The first kappa shape index (κ1) is 15.7. The van der Waals surface area contributed by atoms with Gasteiger partial charge in [-0.05, 0) is 37.1 Å². The number of amides is 1. The van der Waals surface area contributed by atoms with Crippen LogP contribution < -0.4 is 0 Å². The van der Waals surface area contributed by atoms with Crippen molar-refractivity contribution in [2.75, 3.05) is 6.54 Å². The Bertz CT molecular complexity index is 880. The standard InChI is InChI=1S/C20H21N3O2/c1-14(2)23-10-9-21-19(23)17-13-22(20(24)18-8-5-11-25-18)12-15-6-3-4-7-16(15)17/h3-11,14,17H,12-13H2,1-2H3/t17-/m1/s1. The van der Waals surface area contributed by atoms with Crippen molar-refractivity contribution in [1.82, 2.24) is 14.5 Å². The summed E-state index contributed by atoms with van der Waals surface area (Å²) in [5.74, 6) is 1.36. The number of hydrogen-bond acceptors (Lipinski definition) is 3. The summed E-state index contributed by atoms with van der Waals surface area (Å²) in [5, 5.41) is 0. The van der Waals surface area contributed by atoms with Gasteiger partial charge in [-0.25, -0.2) is 4.98 Å². The summed E-state index contributed by atoms with van der Waals surface area (Å²) in [5.41, 5.74) is 2.41. The molecule has 0 aliphatic carbocycles. The van der Waals surface area contributed by atoms with Crippen molar-refractivity contribution in [1.29, 1.82) is 0 Å². The summed E-state index contributed by atoms with van der Waals surface area (Å²) in [6, 6.07) is 12.1. The van der Waals surface area contributed by atoms with E-state index in [-0.39, 0.29) is 11.8 Å². The summed E-state index contributed by atoms with van der Waals surface area (Å²) in [6.07, 6.45) is 5.38. The molecule has 2 aromatic heterocycles. The predicted octanol–water partition coefficient (Wildman–Crippen LogP) is 3.84. The summed E-state index contributed by atoms with van der Waals surface area (Å²) < 4.78 is 7.50. The number of fused-ring (bicyclic) bond motifs is 1. The van der Waals surface area contributed by atoms with E-state index in [4.69, 9.17) is 4.42 Å². The molecular weight excluding hydrogens is 314 g/mol. The topological polar surface area (TPSA) is 51.3 Å². The number of nitrogens with zero attached hydrogens (tertiary/aromatic N) is 3. The monoisotopic (exact) mass is 335 g/mol. The zero-order chi connectivity index (χ0) is 17.4. The Morgan fingerprint density at radius 2 is 2.08 bits per heavy atom. The average molecular weight is 335 g/mol. The first-order valence-corrected chi connectivity index (χ1v) is 8.58. The van der Waals surface area contributed by atoms with E-state index in [0.29, 0.717) is 24.9 Å². The van der Waals surface area contributed by atoms with Gasteiger partial charge in [-0.2, -0.15) is 0 Å². The minimum atomic E-state index is -0.0767. The molecule has 0 spiro atoms. The van der Waals surface area contributed by atoms with Crippen molar-refractivity contribution in [2.24, 2.45) is 0 Å². The smallest absolute Gasteiger partial charge is 0.289 e. The van der Waals surface area contributed by atoms with Gasteiger partial charge in [-0.1, -0.05) is 24.3 Å². The number of carbonyl (C=O) groups excluding carboxylic acids is 1. The van der Waals surface area contributed by atoms with Gasteiger partial charge in [-0.3, -0.25) is 4.79 Å². The number of benzene rings is 1. The maximum atomic E-state index is 12.8. The molecule has 4 rings (SSSR count). The van der Waals surface area contributed by atoms with Gasteiger partial charge in [0.05, 0.1) is 12.2 Å². The normalized spacial score (nSPS) is 16.9. The van der Waals surface area contributed by atoms with Crippen LogP contribution in [0.1, 0.15) is 53.3 Å². The lowest BCUT2D eigenvalue weighted by molar-refractivity contribution is 0.0690. The fourth-order valence-electron chi connectivity index (χ4n) is 3.57. The molecule has 25 heavy (non-hydrogen) atoms. The molecule has 0 unspecified atom stereocenters. The van der Waals surface area contributed by atoms with Crippen LogP contribution >= 0.6 is 0 Å². The highest BCUT2D eigenvalue weighted by Crippen LogP contribution is 2.34. The number of carbonyl (C=O) groups is 1. The predicted molar refractivity (Wildman–Crippen MR) is 94.3 cm³/mol. The zero-order valence-corrected chi connectivity index (χ0v) is 14.4. The van der Waals surface area contributed by atoms with Crippen LogP contribution in [0.5, 0.6) is 0 Å². The van der Waals surface area contributed by atoms with Gasteiger partial charge in [0.25, 0.3) is 5.91 Å². The Labute approximate surface area is 146 Å². The molecule has 128 valence electrons. The highest BCUT2D eigenvalue weighted by atomic mass is 16.3. The third kappa shape index (κ3) is 2.76. The molecule has 0 bridgehead atoms. The molecule has 1 aliphatic rings. The molecule has 0 N–H and O–H groups in total. The van der Waals surface area contributed by atoms with Gasteiger partial charge < -0.3 is 13.9 Å². The molecule has 0 radical (unpaired) electrons. The second-order valence-corrected chi connectivity index (χ2v) is 6.70. The number of furan rings is 1. The van der Waals surface area contributed by atoms with Gasteiger partial charge >= 0.3 is 0 Å². The summed E-state index contributed by atoms with van der Waals surface area (Å²) in [7, 11) is 0. The summed E-state index contributed by atoms with van der Waals surface area (Å²) in [6.45, 7) is 5.48. The van der Waals surface area contributed by atoms with Crippen LogP contribution in [-0.2, 0) is 6.54 Å². The van der Waals surface area contributed by atoms with Crippen LogP contribution in [0, 0.1) is 0 Å². The quantitative estimate of drug-likeness (QED) is 0.730. The van der Waals surface area contributed by atoms with Gasteiger partial charge in [0.2, 0.25) is 0 Å². The van der Waals surface area contributed by atoms with Crippen molar-refractivity contribution < 1.29 is 9.21 Å². The largest absolute Gasteiger partial charge is 0.459 e. The maximum absolute atomic E-state index is 12.8. The molecule has 3 aromatic rings. The SMILES string of the molecule is CC(C)n1ccnc1[C@@H]1CN(C(=O)c2ccco2)Cc2ccccc21. The van der Waals surface area contributed by atoms with Crippen LogP contribution in [0.4, 0.5) is 0 Å². The highest BCUT2D eigenvalue weighted by molar-refractivity contribution is 5.91. The number of hydrogen-bond donors (Lipinski definition) is 0. The molecular formula is C20H21N3O2. The summed E-state index contributed by atoms with van der Waals surface area (Å²) in [4.78, 5) is 19.3. The molecule has 3 heterocycles. The van der Waals surface area contributed by atoms with Gasteiger partial charge in [0.1, 0.15) is 5.82 Å². The number of rotatable bonds is 3. The van der Waals surface area contributed by atoms with Crippen LogP contribution in [0.3, 0.4) is 0 Å². The minimum Gasteiger partial charge on any atom is -0.459 e. The molecule has 0 saturated carbocycles. The van der Waals surface area contributed by atoms with Crippen molar-refractivity contribution in [3.05, 3.63) is 77.8 Å². The first-order valence-electron chi connectivity index (χ1n) is 8.58. The molecule has 5 heteroatoms. The molecule has 1 aliphatic heterocycles. The lowest BCUT2D eigenvalue weighted by Gasteiger charge is -2.34. The lowest BCUT2D eigenvalue weighted by atomic mass is 9.88. The van der Waals surface area contributed by atoms with Crippen LogP contribution in [-0.4, -0.2) is 26.9 Å². The molecule has 1 atom stereocenters. The van der Waals surface area contributed by atoms with Crippen LogP contribution in [0.25, 0.3) is 0 Å². The van der Waals surface area contributed by atoms with Gasteiger partial charge in [-0.15, -0.1) is 0 Å². The molecule has 1 amide bonds. The lowest BCUT2D eigenvalue weighted by Crippen LogP contribution is -2.39. The Kier molecular flexibility index (Phi) is 3.92. The highest BCUT2D eigenvalue weighted by Gasteiger charge is 2.32. The van der Waals surface area contributed by atoms with E-state index < -0.39 is 0 Å². The molecule has 0 fully saturated rings. The Hall–Kier alpha value is -2.82. The number of imidazole rings is 1. The van der Waals surface area contributed by atoms with E-state index >= 15 is 0 Å². The second-order valence-electron chi connectivity index (χ2n) is 6.70. The first-order chi connectivity index (χ1) is 12.1. The third-order valence-corrected chi connectivity index (χ3v) is 4.78. The minimum absolute atomic E-state index is 0.0567. The van der Waals surface area contributed by atoms with Crippen LogP contribution in [0.2, 0.25) is 0 Å². The Morgan fingerprint density at radius 3 is 2.84 bits per heavy atom. The van der Waals surface area contributed by atoms with E-state index in [2.05, 4.69) is 41.6 Å². The second kappa shape index (κ2) is 6.24. The number of aromatic nitrogens is 2. The van der Waals surface area contributed by atoms with Crippen molar-refractivity contribution >= 4 is 5.91 Å². The van der Waals surface area contributed by atoms with E-state index in [9.17, 15) is 4.79 Å². The Balaban J connectivity index is 1.75. The molecule has 1 aromatic carbocycles. The zero-order valence-electron chi connectivity index (χ0n) is 14.4. The average Bonchev–Trinajstić information content (AvgIpc) is 3.31. The fourth-order valence-corrected chi connectivity index (χ4v) is 3.57. The van der Waals surface area contributed by atoms with Crippen molar-refractivity contribution in [2.45, 2.75) is 32.4 Å². The summed E-state index contributed by atoms with van der Waals surface area (Å²) >= 11 is 0. The molecule has 5 nitrogen and oxygen atoms in total. The fraction of sp³-hybridized carbons (Fsp3) is 0.300. The third-order valence-electron chi connectivity index (χ3n) is 4.78.